The van der Waals surface area contributed by atoms with Gasteiger partial charge < -0.3 is 20.5 Å². The number of amides is 1. The van der Waals surface area contributed by atoms with E-state index < -0.39 is 5.97 Å². The monoisotopic (exact) mass is 356 g/mol. The SMILES string of the molecule is COc1ccc(Nc2ccccc2C(=O)NCCCCCC(=O)O)cc1. The van der Waals surface area contributed by atoms with Crippen molar-refractivity contribution in [2.45, 2.75) is 25.7 Å². The van der Waals surface area contributed by atoms with Crippen LogP contribution in [-0.2, 0) is 4.79 Å². The minimum atomic E-state index is -0.785. The summed E-state index contributed by atoms with van der Waals surface area (Å²) in [4.78, 5) is 22.9. The molecule has 0 fully saturated rings. The molecule has 0 saturated carbocycles. The van der Waals surface area contributed by atoms with Gasteiger partial charge in [0.15, 0.2) is 0 Å². The van der Waals surface area contributed by atoms with Crippen molar-refractivity contribution >= 4 is 23.3 Å². The lowest BCUT2D eigenvalue weighted by Crippen LogP contribution is -2.25. The molecule has 138 valence electrons. The number of carboxylic acid groups (broad SMARTS) is 1. The Bertz CT molecular complexity index is 729. The number of carboxylic acids is 1. The third kappa shape index (κ3) is 6.12. The summed E-state index contributed by atoms with van der Waals surface area (Å²) in [5.41, 5.74) is 2.15. The van der Waals surface area contributed by atoms with E-state index in [0.717, 1.165) is 30.0 Å². The second-order valence-electron chi connectivity index (χ2n) is 5.86. The number of ether oxygens (including phenoxy) is 1. The fraction of sp³-hybridized carbons (Fsp3) is 0.300. The van der Waals surface area contributed by atoms with E-state index in [1.54, 1.807) is 13.2 Å². The van der Waals surface area contributed by atoms with Crippen LogP contribution in [0.4, 0.5) is 11.4 Å². The van der Waals surface area contributed by atoms with Crippen LogP contribution in [0.5, 0.6) is 5.75 Å². The second-order valence-corrected chi connectivity index (χ2v) is 5.86. The Morgan fingerprint density at radius 1 is 1.00 bits per heavy atom. The van der Waals surface area contributed by atoms with Gasteiger partial charge in [-0.25, -0.2) is 0 Å². The van der Waals surface area contributed by atoms with Crippen molar-refractivity contribution in [3.8, 4) is 5.75 Å². The van der Waals surface area contributed by atoms with E-state index in [0.29, 0.717) is 18.5 Å². The predicted octanol–water partition coefficient (Wildman–Crippen LogP) is 3.81. The average molecular weight is 356 g/mol. The molecule has 0 heterocycles. The average Bonchev–Trinajstić information content (AvgIpc) is 2.65. The van der Waals surface area contributed by atoms with Crippen LogP contribution in [0.2, 0.25) is 0 Å². The quantitative estimate of drug-likeness (QED) is 0.563. The maximum absolute atomic E-state index is 12.4. The van der Waals surface area contributed by atoms with Crippen molar-refractivity contribution in [2.24, 2.45) is 0 Å². The lowest BCUT2D eigenvalue weighted by molar-refractivity contribution is -0.137. The number of para-hydroxylation sites is 1. The first kappa shape index (κ1) is 19.3. The molecule has 0 atom stereocenters. The van der Waals surface area contributed by atoms with E-state index in [1.165, 1.54) is 0 Å². The van der Waals surface area contributed by atoms with Crippen LogP contribution in [0, 0.1) is 0 Å². The van der Waals surface area contributed by atoms with Crippen LogP contribution >= 0.6 is 0 Å². The van der Waals surface area contributed by atoms with Crippen LogP contribution in [0.3, 0.4) is 0 Å². The summed E-state index contributed by atoms with van der Waals surface area (Å²) in [6.45, 7) is 0.523. The molecule has 2 aromatic rings. The van der Waals surface area contributed by atoms with Crippen LogP contribution in [0.1, 0.15) is 36.0 Å². The first-order chi connectivity index (χ1) is 12.6. The minimum absolute atomic E-state index is 0.153. The lowest BCUT2D eigenvalue weighted by Gasteiger charge is -2.12. The number of methoxy groups -OCH3 is 1. The van der Waals surface area contributed by atoms with E-state index in [-0.39, 0.29) is 12.3 Å². The zero-order valence-corrected chi connectivity index (χ0v) is 14.8. The smallest absolute Gasteiger partial charge is 0.303 e. The van der Waals surface area contributed by atoms with Gasteiger partial charge in [0.2, 0.25) is 0 Å². The van der Waals surface area contributed by atoms with Gasteiger partial charge in [-0.2, -0.15) is 0 Å². The first-order valence-corrected chi connectivity index (χ1v) is 8.60. The fourth-order valence-corrected chi connectivity index (χ4v) is 2.50. The number of hydrogen-bond donors (Lipinski definition) is 3. The third-order valence-electron chi connectivity index (χ3n) is 3.89. The molecule has 0 aromatic heterocycles. The molecule has 0 radical (unpaired) electrons. The highest BCUT2D eigenvalue weighted by Gasteiger charge is 2.10. The van der Waals surface area contributed by atoms with E-state index in [4.69, 9.17) is 9.84 Å². The highest BCUT2D eigenvalue weighted by atomic mass is 16.5. The topological polar surface area (TPSA) is 87.7 Å². The maximum Gasteiger partial charge on any atom is 0.303 e. The Kier molecular flexibility index (Phi) is 7.49. The van der Waals surface area contributed by atoms with Crippen LogP contribution in [0.25, 0.3) is 0 Å². The van der Waals surface area contributed by atoms with E-state index in [1.807, 2.05) is 42.5 Å². The molecular weight excluding hydrogens is 332 g/mol. The number of unbranched alkanes of at least 4 members (excludes halogenated alkanes) is 2. The van der Waals surface area contributed by atoms with Crippen molar-refractivity contribution in [1.82, 2.24) is 5.32 Å². The summed E-state index contributed by atoms with van der Waals surface area (Å²) in [5, 5.41) is 14.7. The molecule has 6 nitrogen and oxygen atoms in total. The Morgan fingerprint density at radius 2 is 1.73 bits per heavy atom. The standard InChI is InChI=1S/C20H24N2O4/c1-26-16-12-10-15(11-13-16)22-18-8-5-4-7-17(18)20(25)21-14-6-2-3-9-19(23)24/h4-5,7-8,10-13,22H,2-3,6,9,14H2,1H3,(H,21,25)(H,23,24). The van der Waals surface area contributed by atoms with Crippen LogP contribution in [-0.4, -0.2) is 30.6 Å². The molecule has 3 N–H and O–H groups in total. The number of benzene rings is 2. The second kappa shape index (κ2) is 10.1. The van der Waals surface area contributed by atoms with Crippen molar-refractivity contribution in [1.29, 1.82) is 0 Å². The molecule has 0 saturated heterocycles. The molecule has 0 aliphatic carbocycles. The van der Waals surface area contributed by atoms with E-state index in [2.05, 4.69) is 10.6 Å². The highest BCUT2D eigenvalue weighted by molar-refractivity contribution is 6.00. The van der Waals surface area contributed by atoms with Crippen LogP contribution < -0.4 is 15.4 Å². The van der Waals surface area contributed by atoms with Gasteiger partial charge in [-0.3, -0.25) is 9.59 Å². The Balaban J connectivity index is 1.90. The summed E-state index contributed by atoms with van der Waals surface area (Å²) >= 11 is 0. The molecular formula is C20H24N2O4. The summed E-state index contributed by atoms with van der Waals surface area (Å²) in [6, 6.07) is 14.8. The minimum Gasteiger partial charge on any atom is -0.497 e. The molecule has 6 heteroatoms. The van der Waals surface area contributed by atoms with Gasteiger partial charge in [-0.15, -0.1) is 0 Å². The summed E-state index contributed by atoms with van der Waals surface area (Å²) < 4.78 is 5.14. The number of carbonyl (C=O) groups is 2. The first-order valence-electron chi connectivity index (χ1n) is 8.60. The van der Waals surface area contributed by atoms with Gasteiger partial charge in [0.25, 0.3) is 5.91 Å². The zero-order chi connectivity index (χ0) is 18.8. The lowest BCUT2D eigenvalue weighted by atomic mass is 10.1. The molecule has 2 aromatic carbocycles. The summed E-state index contributed by atoms with van der Waals surface area (Å²) in [7, 11) is 1.61. The van der Waals surface area contributed by atoms with Crippen molar-refractivity contribution in [3.63, 3.8) is 0 Å². The molecule has 0 spiro atoms. The Labute approximate surface area is 153 Å². The highest BCUT2D eigenvalue weighted by Crippen LogP contribution is 2.22. The van der Waals surface area contributed by atoms with Crippen molar-refractivity contribution in [3.05, 3.63) is 54.1 Å². The Morgan fingerprint density at radius 3 is 2.42 bits per heavy atom. The normalized spacial score (nSPS) is 10.2. The predicted molar refractivity (Wildman–Crippen MR) is 101 cm³/mol. The maximum atomic E-state index is 12.4. The van der Waals surface area contributed by atoms with E-state index in [9.17, 15) is 9.59 Å². The number of anilines is 2. The number of hydrogen-bond acceptors (Lipinski definition) is 4. The Hall–Kier alpha value is -3.02. The number of nitrogens with one attached hydrogen (secondary N) is 2. The van der Waals surface area contributed by atoms with E-state index >= 15 is 0 Å². The van der Waals surface area contributed by atoms with Gasteiger partial charge in [0.05, 0.1) is 18.4 Å². The van der Waals surface area contributed by atoms with Gasteiger partial charge in [-0.1, -0.05) is 18.6 Å². The molecule has 0 aliphatic rings. The molecule has 2 rings (SSSR count). The van der Waals surface area contributed by atoms with Gasteiger partial charge in [0, 0.05) is 18.7 Å². The van der Waals surface area contributed by atoms with Gasteiger partial charge in [-0.05, 0) is 49.2 Å². The molecule has 0 bridgehead atoms. The molecule has 1 amide bonds. The largest absolute Gasteiger partial charge is 0.497 e. The number of carbonyl (C=O) groups excluding carboxylic acids is 1. The third-order valence-corrected chi connectivity index (χ3v) is 3.89. The zero-order valence-electron chi connectivity index (χ0n) is 14.8. The van der Waals surface area contributed by atoms with Gasteiger partial charge >= 0.3 is 5.97 Å². The summed E-state index contributed by atoms with van der Waals surface area (Å²) in [5.74, 6) is -0.170. The van der Waals surface area contributed by atoms with Crippen molar-refractivity contribution in [2.75, 3.05) is 19.0 Å². The van der Waals surface area contributed by atoms with Crippen molar-refractivity contribution < 1.29 is 19.4 Å². The van der Waals surface area contributed by atoms with Crippen LogP contribution in [0.15, 0.2) is 48.5 Å². The summed E-state index contributed by atoms with van der Waals surface area (Å²) in [6.07, 6.45) is 2.33. The van der Waals surface area contributed by atoms with Gasteiger partial charge in [0.1, 0.15) is 5.75 Å². The fourth-order valence-electron chi connectivity index (χ4n) is 2.50. The molecule has 26 heavy (non-hydrogen) atoms. The molecule has 0 unspecified atom stereocenters. The molecule has 0 aliphatic heterocycles. The number of aliphatic carboxylic acids is 1. The number of rotatable bonds is 10.